The molecule has 3 heterocycles. The van der Waals surface area contributed by atoms with Gasteiger partial charge in [-0.25, -0.2) is 9.97 Å². The smallest absolute Gasteiger partial charge is 0.254 e. The molecule has 1 fully saturated rings. The molecule has 0 bridgehead atoms. The number of benzene rings is 1. The van der Waals surface area contributed by atoms with Gasteiger partial charge in [-0.05, 0) is 49.6 Å². The van der Waals surface area contributed by atoms with E-state index in [0.29, 0.717) is 12.1 Å². The van der Waals surface area contributed by atoms with Gasteiger partial charge in [0, 0.05) is 28.9 Å². The zero-order chi connectivity index (χ0) is 19.7. The number of hydrogen-bond acceptors (Lipinski definition) is 6. The first-order valence-corrected chi connectivity index (χ1v) is 10.1. The summed E-state index contributed by atoms with van der Waals surface area (Å²) in [5, 5.41) is 11.7. The van der Waals surface area contributed by atoms with E-state index in [1.165, 1.54) is 17.7 Å². The van der Waals surface area contributed by atoms with Gasteiger partial charge in [0.1, 0.15) is 18.0 Å². The number of rotatable bonds is 5. The first kappa shape index (κ1) is 18.4. The highest BCUT2D eigenvalue weighted by Crippen LogP contribution is 2.26. The van der Waals surface area contributed by atoms with Crippen molar-refractivity contribution in [1.29, 1.82) is 5.41 Å². The molecule has 1 aliphatic rings. The van der Waals surface area contributed by atoms with Gasteiger partial charge in [0.25, 0.3) is 5.91 Å². The summed E-state index contributed by atoms with van der Waals surface area (Å²) < 4.78 is 0. The monoisotopic (exact) mass is 394 g/mol. The first-order chi connectivity index (χ1) is 13.5. The standard InChI is InChI=1S/C20H22N6OS/c1-12-8-15-16(9-14(12)20(27)26-6-2-3-7-26)24-11-25-19(15)23-10-13-4-5-17(28-13)18(21)22/h4-5,8-9,11H,2-3,6-7,10H2,1H3,(H3,21,22)(H,23,24,25). The summed E-state index contributed by atoms with van der Waals surface area (Å²) in [6.45, 7) is 4.20. The van der Waals surface area contributed by atoms with Gasteiger partial charge >= 0.3 is 0 Å². The number of nitrogens with two attached hydrogens (primary N) is 1. The van der Waals surface area contributed by atoms with Crippen LogP contribution in [0.4, 0.5) is 5.82 Å². The van der Waals surface area contributed by atoms with Crippen LogP contribution in [0.15, 0.2) is 30.6 Å². The summed E-state index contributed by atoms with van der Waals surface area (Å²) in [6.07, 6.45) is 3.66. The lowest BCUT2D eigenvalue weighted by Crippen LogP contribution is -2.28. The molecule has 1 aliphatic heterocycles. The Morgan fingerprint density at radius 1 is 1.29 bits per heavy atom. The Bertz CT molecular complexity index is 1050. The van der Waals surface area contributed by atoms with Gasteiger partial charge in [-0.15, -0.1) is 11.3 Å². The fraction of sp³-hybridized carbons (Fsp3) is 0.300. The molecule has 144 valence electrons. The third-order valence-corrected chi connectivity index (χ3v) is 6.08. The lowest BCUT2D eigenvalue weighted by Gasteiger charge is -2.17. The summed E-state index contributed by atoms with van der Waals surface area (Å²) in [5.41, 5.74) is 7.92. The van der Waals surface area contributed by atoms with Crippen molar-refractivity contribution in [3.8, 4) is 0 Å². The van der Waals surface area contributed by atoms with E-state index in [-0.39, 0.29) is 11.7 Å². The molecule has 0 aliphatic carbocycles. The lowest BCUT2D eigenvalue weighted by atomic mass is 10.0. The molecule has 0 spiro atoms. The number of aromatic nitrogens is 2. The average Bonchev–Trinajstić information content (AvgIpc) is 3.37. The summed E-state index contributed by atoms with van der Waals surface area (Å²) >= 11 is 1.48. The van der Waals surface area contributed by atoms with Crippen LogP contribution in [0.5, 0.6) is 0 Å². The second kappa shape index (κ2) is 7.55. The molecule has 1 saturated heterocycles. The Balaban J connectivity index is 1.60. The van der Waals surface area contributed by atoms with Crippen LogP contribution in [0.1, 0.15) is 38.5 Å². The van der Waals surface area contributed by atoms with Crippen LogP contribution in [-0.2, 0) is 6.54 Å². The Morgan fingerprint density at radius 3 is 2.79 bits per heavy atom. The van der Waals surface area contributed by atoms with Gasteiger partial charge in [0.2, 0.25) is 0 Å². The fourth-order valence-corrected chi connectivity index (χ4v) is 4.27. The van der Waals surface area contributed by atoms with Crippen LogP contribution in [0.25, 0.3) is 10.9 Å². The summed E-state index contributed by atoms with van der Waals surface area (Å²) in [4.78, 5) is 25.3. The third kappa shape index (κ3) is 3.55. The molecule has 4 N–H and O–H groups in total. The number of carbonyl (C=O) groups is 1. The van der Waals surface area contributed by atoms with Crippen molar-refractivity contribution < 1.29 is 4.79 Å². The van der Waals surface area contributed by atoms with E-state index in [9.17, 15) is 4.79 Å². The molecular weight excluding hydrogens is 372 g/mol. The first-order valence-electron chi connectivity index (χ1n) is 9.24. The molecule has 4 rings (SSSR count). The molecule has 0 radical (unpaired) electrons. The highest BCUT2D eigenvalue weighted by molar-refractivity contribution is 7.14. The minimum absolute atomic E-state index is 0.0783. The second-order valence-corrected chi connectivity index (χ2v) is 8.11. The predicted octanol–water partition coefficient (Wildman–Crippen LogP) is 3.13. The maximum Gasteiger partial charge on any atom is 0.254 e. The lowest BCUT2D eigenvalue weighted by molar-refractivity contribution is 0.0792. The maximum absolute atomic E-state index is 12.8. The van der Waals surface area contributed by atoms with Gasteiger partial charge in [0.15, 0.2) is 0 Å². The molecule has 0 atom stereocenters. The molecule has 0 saturated carbocycles. The molecule has 2 aromatic heterocycles. The zero-order valence-electron chi connectivity index (χ0n) is 15.7. The van der Waals surface area contributed by atoms with Gasteiger partial charge in [-0.1, -0.05) is 0 Å². The molecule has 1 aromatic carbocycles. The van der Waals surface area contributed by atoms with Crippen molar-refractivity contribution in [2.45, 2.75) is 26.3 Å². The van der Waals surface area contributed by atoms with Crippen molar-refractivity contribution in [2.24, 2.45) is 5.73 Å². The van der Waals surface area contributed by atoms with Crippen molar-refractivity contribution in [2.75, 3.05) is 18.4 Å². The highest BCUT2D eigenvalue weighted by atomic mass is 32.1. The number of carbonyl (C=O) groups excluding carboxylic acids is 1. The fourth-order valence-electron chi connectivity index (χ4n) is 3.46. The second-order valence-electron chi connectivity index (χ2n) is 6.94. The van der Waals surface area contributed by atoms with Crippen LogP contribution >= 0.6 is 11.3 Å². The Labute approximate surface area is 167 Å². The number of nitrogens with one attached hydrogen (secondary N) is 2. The van der Waals surface area contributed by atoms with Crippen molar-refractivity contribution in [3.05, 3.63) is 51.5 Å². The van der Waals surface area contributed by atoms with Crippen molar-refractivity contribution >= 4 is 39.8 Å². The molecule has 0 unspecified atom stereocenters. The summed E-state index contributed by atoms with van der Waals surface area (Å²) in [6, 6.07) is 7.66. The zero-order valence-corrected chi connectivity index (χ0v) is 16.5. The van der Waals surface area contributed by atoms with E-state index in [1.54, 1.807) is 0 Å². The Kier molecular flexibility index (Phi) is 4.95. The van der Waals surface area contributed by atoms with Gasteiger partial charge in [-0.3, -0.25) is 10.2 Å². The largest absolute Gasteiger partial charge is 0.383 e. The van der Waals surface area contributed by atoms with Crippen LogP contribution in [0.3, 0.4) is 0 Å². The van der Waals surface area contributed by atoms with E-state index >= 15 is 0 Å². The summed E-state index contributed by atoms with van der Waals surface area (Å²) in [7, 11) is 0. The third-order valence-electron chi connectivity index (χ3n) is 4.96. The number of hydrogen-bond donors (Lipinski definition) is 3. The highest BCUT2D eigenvalue weighted by Gasteiger charge is 2.22. The normalized spacial score (nSPS) is 13.8. The number of nitrogens with zero attached hydrogens (tertiary/aromatic N) is 3. The number of anilines is 1. The van der Waals surface area contributed by atoms with E-state index in [1.807, 2.05) is 36.1 Å². The predicted molar refractivity (Wildman–Crippen MR) is 112 cm³/mol. The SMILES string of the molecule is Cc1cc2c(NCc3ccc(C(=N)N)s3)ncnc2cc1C(=O)N1CCCC1. The number of amidine groups is 1. The van der Waals surface area contributed by atoms with Gasteiger partial charge in [0.05, 0.1) is 16.9 Å². The molecule has 8 heteroatoms. The van der Waals surface area contributed by atoms with Crippen LogP contribution in [0.2, 0.25) is 0 Å². The van der Waals surface area contributed by atoms with E-state index in [2.05, 4.69) is 15.3 Å². The van der Waals surface area contributed by atoms with Gasteiger partial charge < -0.3 is 16.0 Å². The number of amides is 1. The molecule has 1 amide bonds. The average molecular weight is 395 g/mol. The van der Waals surface area contributed by atoms with Crippen molar-refractivity contribution in [1.82, 2.24) is 14.9 Å². The maximum atomic E-state index is 12.8. The van der Waals surface area contributed by atoms with Crippen LogP contribution < -0.4 is 11.1 Å². The Hall–Kier alpha value is -3.00. The summed E-state index contributed by atoms with van der Waals surface area (Å²) in [5.74, 6) is 0.890. The minimum atomic E-state index is 0.0783. The topological polar surface area (TPSA) is 108 Å². The number of fused-ring (bicyclic) bond motifs is 1. The van der Waals surface area contributed by atoms with Crippen LogP contribution in [0, 0.1) is 12.3 Å². The van der Waals surface area contributed by atoms with Crippen molar-refractivity contribution in [3.63, 3.8) is 0 Å². The number of aryl methyl sites for hydroxylation is 1. The quantitative estimate of drug-likeness (QED) is 0.455. The molecular formula is C20H22N6OS. The molecule has 3 aromatic rings. The number of thiophene rings is 1. The minimum Gasteiger partial charge on any atom is -0.383 e. The van der Waals surface area contributed by atoms with Crippen LogP contribution in [-0.4, -0.2) is 39.7 Å². The number of likely N-dealkylation sites (tertiary alicyclic amines) is 1. The van der Waals surface area contributed by atoms with E-state index < -0.39 is 0 Å². The van der Waals surface area contributed by atoms with E-state index in [4.69, 9.17) is 11.1 Å². The van der Waals surface area contributed by atoms with Gasteiger partial charge in [-0.2, -0.15) is 0 Å². The Morgan fingerprint density at radius 2 is 2.07 bits per heavy atom. The molecule has 28 heavy (non-hydrogen) atoms. The van der Waals surface area contributed by atoms with E-state index in [0.717, 1.165) is 58.0 Å². The number of nitrogen functional groups attached to an aromatic ring is 1. The molecule has 7 nitrogen and oxygen atoms in total.